The summed E-state index contributed by atoms with van der Waals surface area (Å²) in [7, 11) is -2.18. The van der Waals surface area contributed by atoms with Gasteiger partial charge in [0.1, 0.15) is 11.4 Å². The quantitative estimate of drug-likeness (QED) is 0.474. The molecule has 0 aliphatic carbocycles. The maximum absolute atomic E-state index is 12.9. The van der Waals surface area contributed by atoms with E-state index in [1.807, 2.05) is 29.2 Å². The van der Waals surface area contributed by atoms with Crippen molar-refractivity contribution in [2.75, 3.05) is 69.4 Å². The van der Waals surface area contributed by atoms with Gasteiger partial charge in [0.25, 0.3) is 5.69 Å². The normalized spacial score (nSPS) is 17.9. The van der Waals surface area contributed by atoms with E-state index in [0.717, 1.165) is 11.4 Å². The maximum atomic E-state index is 12.9. The van der Waals surface area contributed by atoms with Crippen LogP contribution in [0.4, 0.5) is 17.1 Å². The summed E-state index contributed by atoms with van der Waals surface area (Å²) in [4.78, 5) is 15.4. The van der Waals surface area contributed by atoms with Crippen molar-refractivity contribution >= 4 is 27.1 Å². The van der Waals surface area contributed by atoms with Gasteiger partial charge in [-0.1, -0.05) is 0 Å². The molecule has 2 heterocycles. The first-order valence-electron chi connectivity index (χ1n) is 10.4. The molecule has 11 heteroatoms. The van der Waals surface area contributed by atoms with Crippen LogP contribution in [0.2, 0.25) is 0 Å². The van der Waals surface area contributed by atoms with E-state index in [1.54, 1.807) is 13.2 Å². The third kappa shape index (κ3) is 4.50. The second-order valence-electron chi connectivity index (χ2n) is 7.60. The summed E-state index contributed by atoms with van der Waals surface area (Å²) in [5.74, 6) is 0.787. The first kappa shape index (κ1) is 22.3. The van der Waals surface area contributed by atoms with Gasteiger partial charge in [0.15, 0.2) is 0 Å². The highest BCUT2D eigenvalue weighted by atomic mass is 32.2. The third-order valence-electron chi connectivity index (χ3n) is 5.81. The van der Waals surface area contributed by atoms with E-state index in [9.17, 15) is 18.5 Å². The Bertz CT molecular complexity index is 1060. The Morgan fingerprint density at radius 2 is 1.56 bits per heavy atom. The molecule has 2 aliphatic heterocycles. The van der Waals surface area contributed by atoms with Crippen molar-refractivity contribution in [3.05, 3.63) is 52.6 Å². The van der Waals surface area contributed by atoms with Crippen molar-refractivity contribution in [1.82, 2.24) is 4.31 Å². The zero-order chi connectivity index (χ0) is 22.7. The molecule has 0 bridgehead atoms. The molecule has 32 heavy (non-hydrogen) atoms. The number of nitrogens with zero attached hydrogens (tertiary/aromatic N) is 4. The Balaban J connectivity index is 1.52. The number of nitro benzene ring substituents is 1. The Kier molecular flexibility index (Phi) is 6.49. The van der Waals surface area contributed by atoms with E-state index in [0.29, 0.717) is 45.1 Å². The summed E-state index contributed by atoms with van der Waals surface area (Å²) in [6.45, 7) is 3.67. The highest BCUT2D eigenvalue weighted by Crippen LogP contribution is 2.33. The molecule has 0 spiro atoms. The van der Waals surface area contributed by atoms with Crippen molar-refractivity contribution in [3.8, 4) is 5.75 Å². The lowest BCUT2D eigenvalue weighted by Gasteiger charge is -2.37. The first-order valence-corrected chi connectivity index (χ1v) is 11.8. The zero-order valence-electron chi connectivity index (χ0n) is 17.8. The van der Waals surface area contributed by atoms with Crippen LogP contribution in [0.1, 0.15) is 0 Å². The lowest BCUT2D eigenvalue weighted by Crippen LogP contribution is -2.46. The summed E-state index contributed by atoms with van der Waals surface area (Å²) < 4.78 is 37.5. The number of hydrogen-bond acceptors (Lipinski definition) is 8. The van der Waals surface area contributed by atoms with Crippen LogP contribution in [0.25, 0.3) is 0 Å². The second kappa shape index (κ2) is 9.31. The molecule has 0 unspecified atom stereocenters. The molecule has 2 saturated heterocycles. The molecule has 0 atom stereocenters. The van der Waals surface area contributed by atoms with Gasteiger partial charge >= 0.3 is 0 Å². The van der Waals surface area contributed by atoms with Crippen LogP contribution in [-0.2, 0) is 14.8 Å². The number of nitro groups is 1. The van der Waals surface area contributed by atoms with Crippen LogP contribution >= 0.6 is 0 Å². The molecule has 0 saturated carbocycles. The van der Waals surface area contributed by atoms with E-state index >= 15 is 0 Å². The fourth-order valence-corrected chi connectivity index (χ4v) is 5.44. The molecule has 0 N–H and O–H groups in total. The van der Waals surface area contributed by atoms with Gasteiger partial charge in [-0.15, -0.1) is 0 Å². The molecule has 4 rings (SSSR count). The zero-order valence-corrected chi connectivity index (χ0v) is 18.7. The van der Waals surface area contributed by atoms with E-state index in [-0.39, 0.29) is 23.7 Å². The number of morpholine rings is 1. The third-order valence-corrected chi connectivity index (χ3v) is 7.70. The Hall–Kier alpha value is -2.89. The number of hydrogen-bond donors (Lipinski definition) is 0. The minimum absolute atomic E-state index is 0.0632. The number of benzene rings is 2. The topological polar surface area (TPSA) is 105 Å². The lowest BCUT2D eigenvalue weighted by molar-refractivity contribution is -0.384. The van der Waals surface area contributed by atoms with Gasteiger partial charge < -0.3 is 19.3 Å². The Morgan fingerprint density at radius 1 is 0.938 bits per heavy atom. The van der Waals surface area contributed by atoms with Crippen LogP contribution in [-0.4, -0.2) is 77.2 Å². The van der Waals surface area contributed by atoms with Gasteiger partial charge in [-0.2, -0.15) is 4.31 Å². The summed E-state index contributed by atoms with van der Waals surface area (Å²) >= 11 is 0. The number of rotatable bonds is 6. The van der Waals surface area contributed by atoms with Gasteiger partial charge in [-0.3, -0.25) is 10.1 Å². The number of sulfonamides is 1. The predicted octanol–water partition coefficient (Wildman–Crippen LogP) is 1.95. The molecule has 2 aromatic carbocycles. The van der Waals surface area contributed by atoms with Crippen molar-refractivity contribution in [2.24, 2.45) is 0 Å². The number of piperazine rings is 1. The highest BCUT2D eigenvalue weighted by Gasteiger charge is 2.30. The fourth-order valence-electron chi connectivity index (χ4n) is 4.01. The number of ether oxygens (including phenoxy) is 2. The fraction of sp³-hybridized carbons (Fsp3) is 0.429. The van der Waals surface area contributed by atoms with E-state index in [4.69, 9.17) is 9.47 Å². The van der Waals surface area contributed by atoms with Gasteiger partial charge in [-0.05, 0) is 36.4 Å². The standard InChI is InChI=1S/C21H26N4O6S/c1-30-18-4-2-17(3-5-18)22-8-10-23(11-9-22)20-7-6-19(16-21(20)25(26)27)32(28,29)24-12-14-31-15-13-24/h2-7,16H,8-15H2,1H3. The molecule has 10 nitrogen and oxygen atoms in total. The smallest absolute Gasteiger partial charge is 0.293 e. The molecule has 172 valence electrons. The molecule has 0 aromatic heterocycles. The molecule has 0 amide bonds. The minimum atomic E-state index is -3.80. The van der Waals surface area contributed by atoms with Crippen molar-refractivity contribution in [1.29, 1.82) is 0 Å². The monoisotopic (exact) mass is 462 g/mol. The molecule has 2 fully saturated rings. The van der Waals surface area contributed by atoms with E-state index < -0.39 is 14.9 Å². The van der Waals surface area contributed by atoms with Crippen LogP contribution in [0, 0.1) is 10.1 Å². The predicted molar refractivity (Wildman–Crippen MR) is 120 cm³/mol. The summed E-state index contributed by atoms with van der Waals surface area (Å²) in [5.41, 5.74) is 1.30. The first-order chi connectivity index (χ1) is 15.4. The lowest BCUT2D eigenvalue weighted by atomic mass is 10.2. The molecule has 2 aromatic rings. The summed E-state index contributed by atoms with van der Waals surface area (Å²) in [5, 5.41) is 11.8. The minimum Gasteiger partial charge on any atom is -0.497 e. The summed E-state index contributed by atoms with van der Waals surface area (Å²) in [6.07, 6.45) is 0. The molecular formula is C21H26N4O6S. The number of anilines is 2. The van der Waals surface area contributed by atoms with Crippen molar-refractivity contribution in [3.63, 3.8) is 0 Å². The van der Waals surface area contributed by atoms with Crippen LogP contribution in [0.15, 0.2) is 47.4 Å². The van der Waals surface area contributed by atoms with Crippen molar-refractivity contribution < 1.29 is 22.8 Å². The maximum Gasteiger partial charge on any atom is 0.293 e. The van der Waals surface area contributed by atoms with Gasteiger partial charge in [0, 0.05) is 51.0 Å². The Morgan fingerprint density at radius 3 is 2.16 bits per heavy atom. The molecular weight excluding hydrogens is 436 g/mol. The van der Waals surface area contributed by atoms with Crippen LogP contribution < -0.4 is 14.5 Å². The number of methoxy groups -OCH3 is 1. The van der Waals surface area contributed by atoms with Crippen molar-refractivity contribution in [2.45, 2.75) is 4.90 Å². The average molecular weight is 463 g/mol. The van der Waals surface area contributed by atoms with Gasteiger partial charge in [0.05, 0.1) is 30.1 Å². The van der Waals surface area contributed by atoms with Gasteiger partial charge in [-0.25, -0.2) is 8.42 Å². The van der Waals surface area contributed by atoms with Gasteiger partial charge in [0.2, 0.25) is 10.0 Å². The highest BCUT2D eigenvalue weighted by molar-refractivity contribution is 7.89. The SMILES string of the molecule is COc1ccc(N2CCN(c3ccc(S(=O)(=O)N4CCOCC4)cc3[N+](=O)[O-])CC2)cc1. The van der Waals surface area contributed by atoms with Crippen LogP contribution in [0.5, 0.6) is 5.75 Å². The summed E-state index contributed by atoms with van der Waals surface area (Å²) in [6, 6.07) is 12.0. The molecule has 2 aliphatic rings. The Labute approximate surface area is 187 Å². The largest absolute Gasteiger partial charge is 0.497 e. The van der Waals surface area contributed by atoms with Crippen LogP contribution in [0.3, 0.4) is 0 Å². The second-order valence-corrected chi connectivity index (χ2v) is 9.53. The molecule has 0 radical (unpaired) electrons. The average Bonchev–Trinajstić information content (AvgIpc) is 2.84. The van der Waals surface area contributed by atoms with E-state index in [2.05, 4.69) is 4.90 Å². The van der Waals surface area contributed by atoms with E-state index in [1.165, 1.54) is 16.4 Å².